The predicted octanol–water partition coefficient (Wildman–Crippen LogP) is 7.12. The highest BCUT2D eigenvalue weighted by Gasteiger charge is 2.41. The van der Waals surface area contributed by atoms with E-state index in [4.69, 9.17) is 4.74 Å². The zero-order chi connectivity index (χ0) is 27.6. The van der Waals surface area contributed by atoms with Crippen LogP contribution in [0.3, 0.4) is 0 Å². The monoisotopic (exact) mass is 515 g/mol. The van der Waals surface area contributed by atoms with Gasteiger partial charge < -0.3 is 9.84 Å². The molecule has 0 fully saturated rings. The molecule has 0 aromatic carbocycles. The van der Waals surface area contributed by atoms with Crippen LogP contribution in [0.15, 0.2) is 47.9 Å². The summed E-state index contributed by atoms with van der Waals surface area (Å²) in [7, 11) is 0. The van der Waals surface area contributed by atoms with Crippen LogP contribution in [0, 0.1) is 30.1 Å². The summed E-state index contributed by atoms with van der Waals surface area (Å²) in [6.07, 6.45) is 6.86. The largest absolute Gasteiger partial charge is 0.457 e. The van der Waals surface area contributed by atoms with Gasteiger partial charge >= 0.3 is 5.97 Å². The Morgan fingerprint density at radius 1 is 1.19 bits per heavy atom. The van der Waals surface area contributed by atoms with E-state index in [0.29, 0.717) is 12.3 Å². The lowest BCUT2D eigenvalue weighted by molar-refractivity contribution is -0.153. The summed E-state index contributed by atoms with van der Waals surface area (Å²) in [6, 6.07) is 0. The Labute approximate surface area is 222 Å². The van der Waals surface area contributed by atoms with Gasteiger partial charge in [-0.05, 0) is 50.7 Å². The second-order valence-corrected chi connectivity index (χ2v) is 11.6. The maximum Gasteiger partial charge on any atom is 0.309 e. The van der Waals surface area contributed by atoms with Crippen molar-refractivity contribution in [3.05, 3.63) is 58.6 Å². The lowest BCUT2D eigenvalue weighted by Crippen LogP contribution is -2.43. The molecule has 5 atom stereocenters. The average Bonchev–Trinajstić information content (AvgIpc) is 3.23. The van der Waals surface area contributed by atoms with Crippen LogP contribution >= 0.6 is 11.3 Å². The maximum atomic E-state index is 13.3. The summed E-state index contributed by atoms with van der Waals surface area (Å²) in [5.41, 5.74) is 1.57. The van der Waals surface area contributed by atoms with Crippen LogP contribution in [0.5, 0.6) is 0 Å². The van der Waals surface area contributed by atoms with Gasteiger partial charge in [0.25, 0.3) is 0 Å². The highest BCUT2D eigenvalue weighted by molar-refractivity contribution is 7.09. The fourth-order valence-electron chi connectivity index (χ4n) is 4.06. The van der Waals surface area contributed by atoms with Crippen LogP contribution in [0.1, 0.15) is 78.4 Å². The van der Waals surface area contributed by atoms with Crippen LogP contribution < -0.4 is 0 Å². The fourth-order valence-corrected chi connectivity index (χ4v) is 4.63. The highest BCUT2D eigenvalue weighted by atomic mass is 32.1. The molecule has 200 valence electrons. The van der Waals surface area contributed by atoms with Gasteiger partial charge in [0.2, 0.25) is 0 Å². The number of ketones is 1. The first-order valence-corrected chi connectivity index (χ1v) is 13.5. The molecule has 0 bridgehead atoms. The molecule has 36 heavy (non-hydrogen) atoms. The van der Waals surface area contributed by atoms with E-state index in [1.807, 2.05) is 51.3 Å². The SMILES string of the molecule is C=CC[C@H](C)[C@H](C)[C@@H](C)C(=O)C(C)(C)[C@@H](O)CC(=O)O[C@@H](C/C=C(/C)C=C)/C(C)=C/c1csc(C)n1. The summed E-state index contributed by atoms with van der Waals surface area (Å²) in [4.78, 5) is 30.7. The van der Waals surface area contributed by atoms with E-state index in [1.54, 1.807) is 31.3 Å². The van der Waals surface area contributed by atoms with Crippen molar-refractivity contribution >= 4 is 29.2 Å². The van der Waals surface area contributed by atoms with E-state index in [-0.39, 0.29) is 24.0 Å². The Morgan fingerprint density at radius 2 is 1.83 bits per heavy atom. The number of nitrogens with zero attached hydrogens (tertiary/aromatic N) is 1. The van der Waals surface area contributed by atoms with Crippen molar-refractivity contribution in [1.29, 1.82) is 0 Å². The molecule has 1 N–H and O–H groups in total. The van der Waals surface area contributed by atoms with Crippen molar-refractivity contribution in [2.45, 2.75) is 86.9 Å². The quantitative estimate of drug-likeness (QED) is 0.153. The van der Waals surface area contributed by atoms with Crippen molar-refractivity contribution in [2.24, 2.45) is 23.2 Å². The number of hydrogen-bond donors (Lipinski definition) is 1. The summed E-state index contributed by atoms with van der Waals surface area (Å²) < 4.78 is 5.82. The third-order valence-corrected chi connectivity index (χ3v) is 8.03. The van der Waals surface area contributed by atoms with Crippen molar-refractivity contribution in [2.75, 3.05) is 0 Å². The summed E-state index contributed by atoms with van der Waals surface area (Å²) >= 11 is 1.56. The molecule has 6 heteroatoms. The minimum absolute atomic E-state index is 0.0534. The number of rotatable bonds is 15. The zero-order valence-corrected chi connectivity index (χ0v) is 24.2. The molecule has 0 saturated heterocycles. The van der Waals surface area contributed by atoms with Gasteiger partial charge in [-0.3, -0.25) is 9.59 Å². The molecule has 0 aliphatic heterocycles. The van der Waals surface area contributed by atoms with Gasteiger partial charge in [0.15, 0.2) is 0 Å². The van der Waals surface area contributed by atoms with E-state index in [2.05, 4.69) is 32.0 Å². The summed E-state index contributed by atoms with van der Waals surface area (Å²) in [6.45, 7) is 22.8. The number of thiazole rings is 1. The second kappa shape index (κ2) is 14.4. The van der Waals surface area contributed by atoms with E-state index >= 15 is 0 Å². The van der Waals surface area contributed by atoms with Crippen LogP contribution in [0.4, 0.5) is 0 Å². The Morgan fingerprint density at radius 3 is 2.36 bits per heavy atom. The van der Waals surface area contributed by atoms with Gasteiger partial charge in [0.05, 0.1) is 28.6 Å². The molecule has 1 heterocycles. The predicted molar refractivity (Wildman–Crippen MR) is 151 cm³/mol. The number of aliphatic hydroxyl groups is 1. The van der Waals surface area contributed by atoms with Gasteiger partial charge in [-0.1, -0.05) is 65.0 Å². The molecule has 1 aromatic heterocycles. The van der Waals surface area contributed by atoms with E-state index in [1.165, 1.54) is 0 Å². The molecule has 0 aliphatic carbocycles. The van der Waals surface area contributed by atoms with Crippen molar-refractivity contribution in [3.8, 4) is 0 Å². The first-order valence-electron chi connectivity index (χ1n) is 12.7. The minimum Gasteiger partial charge on any atom is -0.457 e. The van der Waals surface area contributed by atoms with Crippen LogP contribution in [-0.2, 0) is 14.3 Å². The van der Waals surface area contributed by atoms with Gasteiger partial charge in [0.1, 0.15) is 11.9 Å². The molecule has 0 unspecified atom stereocenters. The number of Topliss-reactive ketones (excluding diaryl/α,β-unsaturated/α-hetero) is 1. The molecule has 1 rings (SSSR count). The van der Waals surface area contributed by atoms with E-state index < -0.39 is 23.6 Å². The first kappa shape index (κ1) is 31.7. The normalized spacial score (nSPS) is 17.0. The number of ether oxygens (including phenoxy) is 1. The first-order chi connectivity index (χ1) is 16.7. The third-order valence-electron chi connectivity index (χ3n) is 7.24. The number of aliphatic hydroxyl groups excluding tert-OH is 1. The molecule has 0 saturated carbocycles. The third kappa shape index (κ3) is 9.29. The number of aryl methyl sites for hydroxylation is 1. The van der Waals surface area contributed by atoms with Crippen LogP contribution in [-0.4, -0.2) is 34.1 Å². The van der Waals surface area contributed by atoms with E-state index in [9.17, 15) is 14.7 Å². The standard InChI is InChI=1S/C30H45NO4S/c1-11-13-20(4)22(6)23(7)29(34)30(9,10)27(32)17-28(33)35-26(15-14-19(3)12-2)21(5)16-25-18-36-24(8)31-25/h11-12,14,16,18,20,22-23,26-27,32H,1-2,13,15,17H2,3-10H3/b19-14-,21-16+/t20-,22-,23+,26-,27-/m0/s1. The lowest BCUT2D eigenvalue weighted by atomic mass is 9.70. The maximum absolute atomic E-state index is 13.3. The Kier molecular flexibility index (Phi) is 12.7. The second-order valence-electron chi connectivity index (χ2n) is 10.5. The average molecular weight is 516 g/mol. The number of carbonyl (C=O) groups is 2. The van der Waals surface area contributed by atoms with Crippen molar-refractivity contribution in [3.63, 3.8) is 0 Å². The minimum atomic E-state index is -1.15. The van der Waals surface area contributed by atoms with Crippen LogP contribution in [0.25, 0.3) is 6.08 Å². The zero-order valence-electron chi connectivity index (χ0n) is 23.3. The molecule has 0 spiro atoms. The van der Waals surface area contributed by atoms with Gasteiger partial charge in [-0.15, -0.1) is 17.9 Å². The fraction of sp³-hybridized carbons (Fsp3) is 0.567. The summed E-state index contributed by atoms with van der Waals surface area (Å²) in [5, 5.41) is 13.9. The van der Waals surface area contributed by atoms with Crippen LogP contribution in [0.2, 0.25) is 0 Å². The number of allylic oxidation sites excluding steroid dienone is 3. The molecule has 5 nitrogen and oxygen atoms in total. The molecule has 0 aliphatic rings. The Bertz CT molecular complexity index is 971. The van der Waals surface area contributed by atoms with Gasteiger partial charge in [0, 0.05) is 17.7 Å². The molecule has 0 radical (unpaired) electrons. The molecule has 0 amide bonds. The smallest absolute Gasteiger partial charge is 0.309 e. The number of hydrogen-bond acceptors (Lipinski definition) is 6. The lowest BCUT2D eigenvalue weighted by Gasteiger charge is -2.34. The molecule has 1 aromatic rings. The Hall–Kier alpha value is -2.31. The number of esters is 1. The molecular weight excluding hydrogens is 470 g/mol. The van der Waals surface area contributed by atoms with Crippen molar-refractivity contribution < 1.29 is 19.4 Å². The number of aromatic nitrogens is 1. The molecular formula is C30H45NO4S. The van der Waals surface area contributed by atoms with Crippen molar-refractivity contribution in [1.82, 2.24) is 4.98 Å². The topological polar surface area (TPSA) is 76.5 Å². The van der Waals surface area contributed by atoms with E-state index in [0.717, 1.165) is 28.3 Å². The van der Waals surface area contributed by atoms with Gasteiger partial charge in [-0.25, -0.2) is 4.98 Å². The summed E-state index contributed by atoms with van der Waals surface area (Å²) in [5.74, 6) is -0.431. The highest BCUT2D eigenvalue weighted by Crippen LogP contribution is 2.34. The number of carbonyl (C=O) groups excluding carboxylic acids is 2. The van der Waals surface area contributed by atoms with Gasteiger partial charge in [-0.2, -0.15) is 0 Å². The Balaban J connectivity index is 2.98.